The molecule has 0 unspecified atom stereocenters. The molecular formula is C12H13NO3. The molecule has 0 radical (unpaired) electrons. The smallest absolute Gasteiger partial charge is 0.405 e. The van der Waals surface area contributed by atoms with Crippen LogP contribution in [0.25, 0.3) is 11.0 Å². The molecule has 2 N–H and O–H groups in total. The Bertz CT molecular complexity index is 530. The lowest BCUT2D eigenvalue weighted by molar-refractivity contribution is 0.191. The Labute approximate surface area is 92.9 Å². The zero-order chi connectivity index (χ0) is 11.7. The normalized spacial score (nSPS) is 12.6. The van der Waals surface area contributed by atoms with Gasteiger partial charge in [0.2, 0.25) is 0 Å². The maximum atomic E-state index is 10.6. The molecule has 1 atom stereocenters. The summed E-state index contributed by atoms with van der Waals surface area (Å²) in [5.74, 6) is 0.824. The Morgan fingerprint density at radius 2 is 2.25 bits per heavy atom. The zero-order valence-electron chi connectivity index (χ0n) is 9.15. The third-order valence-electron chi connectivity index (χ3n) is 2.52. The number of rotatable bonds is 2. The van der Waals surface area contributed by atoms with Gasteiger partial charge in [-0.3, -0.25) is 0 Å². The molecule has 1 amide bonds. The van der Waals surface area contributed by atoms with Crippen molar-refractivity contribution >= 4 is 17.1 Å². The summed E-state index contributed by atoms with van der Waals surface area (Å²) in [6.45, 7) is 3.68. The third kappa shape index (κ3) is 1.86. The highest BCUT2D eigenvalue weighted by molar-refractivity contribution is 5.82. The van der Waals surface area contributed by atoms with Crippen molar-refractivity contribution in [1.82, 2.24) is 5.32 Å². The molecule has 0 fully saturated rings. The fourth-order valence-corrected chi connectivity index (χ4v) is 1.85. The van der Waals surface area contributed by atoms with Gasteiger partial charge in [0.25, 0.3) is 0 Å². The number of benzene rings is 1. The van der Waals surface area contributed by atoms with Crippen molar-refractivity contribution < 1.29 is 14.3 Å². The fourth-order valence-electron chi connectivity index (χ4n) is 1.85. The maximum absolute atomic E-state index is 10.6. The summed E-state index contributed by atoms with van der Waals surface area (Å²) in [4.78, 5) is 10.6. The SMILES string of the molecule is Cc1cc2c([C@@H](C)NC(=O)O)cccc2o1. The first kappa shape index (κ1) is 10.5. The average molecular weight is 219 g/mol. The first-order chi connectivity index (χ1) is 7.58. The minimum Gasteiger partial charge on any atom is -0.465 e. The summed E-state index contributed by atoms with van der Waals surface area (Å²) in [6.07, 6.45) is -1.02. The second kappa shape index (κ2) is 3.89. The van der Waals surface area contributed by atoms with E-state index in [-0.39, 0.29) is 6.04 Å². The van der Waals surface area contributed by atoms with Crippen molar-refractivity contribution in [1.29, 1.82) is 0 Å². The molecule has 1 heterocycles. The first-order valence-electron chi connectivity index (χ1n) is 5.06. The van der Waals surface area contributed by atoms with E-state index in [0.717, 1.165) is 22.3 Å². The van der Waals surface area contributed by atoms with Crippen molar-refractivity contribution in [3.63, 3.8) is 0 Å². The highest BCUT2D eigenvalue weighted by atomic mass is 16.4. The summed E-state index contributed by atoms with van der Waals surface area (Å²) in [7, 11) is 0. The molecule has 4 nitrogen and oxygen atoms in total. The molecule has 4 heteroatoms. The van der Waals surface area contributed by atoms with E-state index in [1.54, 1.807) is 0 Å². The second-order valence-electron chi connectivity index (χ2n) is 3.79. The van der Waals surface area contributed by atoms with Crippen LogP contribution in [0.4, 0.5) is 4.79 Å². The summed E-state index contributed by atoms with van der Waals surface area (Å²) in [6, 6.07) is 7.31. The van der Waals surface area contributed by atoms with Crippen LogP contribution in [-0.2, 0) is 0 Å². The molecule has 0 aliphatic carbocycles. The van der Waals surface area contributed by atoms with Gasteiger partial charge in [0.15, 0.2) is 0 Å². The number of carbonyl (C=O) groups is 1. The van der Waals surface area contributed by atoms with Gasteiger partial charge in [-0.25, -0.2) is 4.79 Å². The zero-order valence-corrected chi connectivity index (χ0v) is 9.15. The monoisotopic (exact) mass is 219 g/mol. The lowest BCUT2D eigenvalue weighted by Crippen LogP contribution is -2.24. The third-order valence-corrected chi connectivity index (χ3v) is 2.52. The molecule has 1 aromatic heterocycles. The number of furan rings is 1. The second-order valence-corrected chi connectivity index (χ2v) is 3.79. The molecule has 0 saturated heterocycles. The van der Waals surface area contributed by atoms with Crippen molar-refractivity contribution in [2.75, 3.05) is 0 Å². The molecule has 0 bridgehead atoms. The van der Waals surface area contributed by atoms with Crippen LogP contribution in [0.5, 0.6) is 0 Å². The summed E-state index contributed by atoms with van der Waals surface area (Å²) in [5, 5.41) is 12.1. The summed E-state index contributed by atoms with van der Waals surface area (Å²) in [5.41, 5.74) is 1.71. The molecule has 0 saturated carbocycles. The van der Waals surface area contributed by atoms with E-state index in [1.807, 2.05) is 38.1 Å². The molecule has 0 aliphatic rings. The molecular weight excluding hydrogens is 206 g/mol. The Hall–Kier alpha value is -1.97. The fraction of sp³-hybridized carbons (Fsp3) is 0.250. The van der Waals surface area contributed by atoms with E-state index in [4.69, 9.17) is 9.52 Å². The summed E-state index contributed by atoms with van der Waals surface area (Å²) >= 11 is 0. The van der Waals surface area contributed by atoms with E-state index in [0.29, 0.717) is 0 Å². The number of aryl methyl sites for hydroxylation is 1. The van der Waals surface area contributed by atoms with Crippen LogP contribution in [0, 0.1) is 6.92 Å². The molecule has 2 aromatic rings. The van der Waals surface area contributed by atoms with Gasteiger partial charge in [-0.1, -0.05) is 12.1 Å². The van der Waals surface area contributed by atoms with E-state index in [2.05, 4.69) is 5.32 Å². The molecule has 1 aromatic carbocycles. The maximum Gasteiger partial charge on any atom is 0.405 e. The van der Waals surface area contributed by atoms with Gasteiger partial charge in [0.1, 0.15) is 11.3 Å². The van der Waals surface area contributed by atoms with Crippen LogP contribution in [0.2, 0.25) is 0 Å². The molecule has 84 valence electrons. The summed E-state index contributed by atoms with van der Waals surface area (Å²) < 4.78 is 5.49. The van der Waals surface area contributed by atoms with E-state index in [1.165, 1.54) is 0 Å². The minimum absolute atomic E-state index is 0.252. The Balaban J connectivity index is 2.47. The van der Waals surface area contributed by atoms with Crippen molar-refractivity contribution in [2.24, 2.45) is 0 Å². The van der Waals surface area contributed by atoms with Crippen LogP contribution in [0.3, 0.4) is 0 Å². The quantitative estimate of drug-likeness (QED) is 0.815. The van der Waals surface area contributed by atoms with Crippen LogP contribution < -0.4 is 5.32 Å². The van der Waals surface area contributed by atoms with E-state index < -0.39 is 6.09 Å². The highest BCUT2D eigenvalue weighted by Gasteiger charge is 2.13. The number of fused-ring (bicyclic) bond motifs is 1. The average Bonchev–Trinajstić information content (AvgIpc) is 2.55. The van der Waals surface area contributed by atoms with Gasteiger partial charge in [-0.05, 0) is 31.5 Å². The molecule has 16 heavy (non-hydrogen) atoms. The topological polar surface area (TPSA) is 62.5 Å². The van der Waals surface area contributed by atoms with Crippen LogP contribution >= 0.6 is 0 Å². The Kier molecular flexibility index (Phi) is 2.56. The van der Waals surface area contributed by atoms with Gasteiger partial charge in [0.05, 0.1) is 6.04 Å². The number of nitrogens with one attached hydrogen (secondary N) is 1. The predicted molar refractivity (Wildman–Crippen MR) is 60.5 cm³/mol. The number of hydrogen-bond donors (Lipinski definition) is 2. The van der Waals surface area contributed by atoms with Gasteiger partial charge in [0, 0.05) is 5.39 Å². The lowest BCUT2D eigenvalue weighted by Gasteiger charge is -2.12. The van der Waals surface area contributed by atoms with Crippen LogP contribution in [0.1, 0.15) is 24.3 Å². The van der Waals surface area contributed by atoms with Gasteiger partial charge >= 0.3 is 6.09 Å². The van der Waals surface area contributed by atoms with Crippen molar-refractivity contribution in [3.8, 4) is 0 Å². The number of carboxylic acid groups (broad SMARTS) is 1. The molecule has 2 rings (SSSR count). The van der Waals surface area contributed by atoms with Gasteiger partial charge < -0.3 is 14.8 Å². The predicted octanol–water partition coefficient (Wildman–Crippen LogP) is 3.07. The largest absolute Gasteiger partial charge is 0.465 e. The van der Waals surface area contributed by atoms with E-state index >= 15 is 0 Å². The van der Waals surface area contributed by atoms with Gasteiger partial charge in [-0.15, -0.1) is 0 Å². The van der Waals surface area contributed by atoms with Crippen LogP contribution in [-0.4, -0.2) is 11.2 Å². The van der Waals surface area contributed by atoms with E-state index in [9.17, 15) is 4.79 Å². The van der Waals surface area contributed by atoms with Gasteiger partial charge in [-0.2, -0.15) is 0 Å². The van der Waals surface area contributed by atoms with Crippen molar-refractivity contribution in [3.05, 3.63) is 35.6 Å². The number of hydrogen-bond acceptors (Lipinski definition) is 2. The lowest BCUT2D eigenvalue weighted by atomic mass is 10.0. The van der Waals surface area contributed by atoms with Crippen LogP contribution in [0.15, 0.2) is 28.7 Å². The Morgan fingerprint density at radius 1 is 1.50 bits per heavy atom. The molecule has 0 aliphatic heterocycles. The van der Waals surface area contributed by atoms with Crippen molar-refractivity contribution in [2.45, 2.75) is 19.9 Å². The minimum atomic E-state index is -1.02. The standard InChI is InChI=1S/C12H13NO3/c1-7-6-10-9(8(2)13-12(14)15)4-3-5-11(10)16-7/h3-6,8,13H,1-2H3,(H,14,15)/t8-/m1/s1. The Morgan fingerprint density at radius 3 is 2.94 bits per heavy atom. The molecule has 0 spiro atoms. The number of amides is 1. The highest BCUT2D eigenvalue weighted by Crippen LogP contribution is 2.26. The first-order valence-corrected chi connectivity index (χ1v) is 5.06.